The molecular formula is C14H13NO3S. The van der Waals surface area contributed by atoms with Crippen LogP contribution in [0.4, 0.5) is 5.69 Å². The normalized spacial score (nSPS) is 11.8. The van der Waals surface area contributed by atoms with Crippen molar-refractivity contribution >= 4 is 28.9 Å². The minimum absolute atomic E-state index is 0.152. The molecule has 1 amide bonds. The Morgan fingerprint density at radius 2 is 2.11 bits per heavy atom. The molecule has 0 radical (unpaired) electrons. The van der Waals surface area contributed by atoms with Crippen molar-refractivity contribution < 1.29 is 14.7 Å². The summed E-state index contributed by atoms with van der Waals surface area (Å²) in [6.45, 7) is 1.82. The number of carbonyl (C=O) groups is 2. The van der Waals surface area contributed by atoms with Crippen molar-refractivity contribution in [3.05, 3.63) is 52.2 Å². The highest BCUT2D eigenvalue weighted by atomic mass is 32.1. The van der Waals surface area contributed by atoms with Crippen molar-refractivity contribution in [3.63, 3.8) is 0 Å². The Kier molecular flexibility index (Phi) is 3.97. The first-order chi connectivity index (χ1) is 9.08. The fraction of sp³-hybridized carbons (Fsp3) is 0.143. The first-order valence-electron chi connectivity index (χ1n) is 5.74. The molecule has 0 aliphatic rings. The number of amides is 1. The number of benzene rings is 1. The molecule has 19 heavy (non-hydrogen) atoms. The molecular weight excluding hydrogens is 262 g/mol. The van der Waals surface area contributed by atoms with Gasteiger partial charge in [0.15, 0.2) is 0 Å². The quantitative estimate of drug-likeness (QED) is 0.900. The van der Waals surface area contributed by atoms with Gasteiger partial charge in [-0.15, -0.1) is 0 Å². The van der Waals surface area contributed by atoms with Crippen molar-refractivity contribution in [2.24, 2.45) is 0 Å². The fourth-order valence-corrected chi connectivity index (χ4v) is 2.41. The van der Waals surface area contributed by atoms with Crippen molar-refractivity contribution in [2.45, 2.75) is 12.8 Å². The molecule has 1 aromatic carbocycles. The molecule has 5 heteroatoms. The minimum atomic E-state index is -1.01. The first-order valence-corrected chi connectivity index (χ1v) is 6.68. The number of rotatable bonds is 4. The SMILES string of the molecule is CC(C(=O)Nc1cccc(C(=O)O)c1)c1ccsc1. The van der Waals surface area contributed by atoms with E-state index in [4.69, 9.17) is 5.11 Å². The van der Waals surface area contributed by atoms with Gasteiger partial charge in [0.1, 0.15) is 0 Å². The number of carboxylic acid groups (broad SMARTS) is 1. The van der Waals surface area contributed by atoms with Crippen LogP contribution in [-0.2, 0) is 4.79 Å². The Labute approximate surface area is 114 Å². The van der Waals surface area contributed by atoms with E-state index in [0.29, 0.717) is 5.69 Å². The number of thiophene rings is 1. The molecule has 0 aliphatic carbocycles. The average Bonchev–Trinajstić information content (AvgIpc) is 2.92. The second-order valence-corrected chi connectivity index (χ2v) is 4.93. The Morgan fingerprint density at radius 1 is 1.32 bits per heavy atom. The number of hydrogen-bond acceptors (Lipinski definition) is 3. The van der Waals surface area contributed by atoms with Crippen LogP contribution in [0, 0.1) is 0 Å². The van der Waals surface area contributed by atoms with Crippen LogP contribution in [0.1, 0.15) is 28.8 Å². The molecule has 0 fully saturated rings. The molecule has 1 unspecified atom stereocenters. The Bertz CT molecular complexity index is 592. The van der Waals surface area contributed by atoms with Crippen LogP contribution in [0.25, 0.3) is 0 Å². The summed E-state index contributed by atoms with van der Waals surface area (Å²) in [6, 6.07) is 8.11. The molecule has 1 heterocycles. The lowest BCUT2D eigenvalue weighted by Gasteiger charge is -2.11. The van der Waals surface area contributed by atoms with Gasteiger partial charge in [-0.25, -0.2) is 4.79 Å². The fourth-order valence-electron chi connectivity index (χ4n) is 1.65. The molecule has 2 rings (SSSR count). The zero-order valence-corrected chi connectivity index (χ0v) is 11.1. The number of hydrogen-bond donors (Lipinski definition) is 2. The van der Waals surface area contributed by atoms with E-state index in [1.807, 2.05) is 23.8 Å². The summed E-state index contributed by atoms with van der Waals surface area (Å²) in [4.78, 5) is 22.9. The number of carboxylic acids is 1. The molecule has 0 saturated carbocycles. The van der Waals surface area contributed by atoms with Gasteiger partial charge in [0.05, 0.1) is 11.5 Å². The Balaban J connectivity index is 2.11. The van der Waals surface area contributed by atoms with Gasteiger partial charge in [0, 0.05) is 5.69 Å². The van der Waals surface area contributed by atoms with Crippen LogP contribution in [0.3, 0.4) is 0 Å². The van der Waals surface area contributed by atoms with Gasteiger partial charge in [-0.2, -0.15) is 11.3 Å². The molecule has 1 atom stereocenters. The number of aromatic carboxylic acids is 1. The summed E-state index contributed by atoms with van der Waals surface area (Å²) in [5, 5.41) is 15.5. The van der Waals surface area contributed by atoms with Gasteiger partial charge in [-0.3, -0.25) is 4.79 Å². The zero-order chi connectivity index (χ0) is 13.8. The van der Waals surface area contributed by atoms with Gasteiger partial charge in [0.2, 0.25) is 5.91 Å². The second kappa shape index (κ2) is 5.67. The molecule has 0 saturated heterocycles. The highest BCUT2D eigenvalue weighted by Gasteiger charge is 2.16. The third-order valence-electron chi connectivity index (χ3n) is 2.81. The van der Waals surface area contributed by atoms with Crippen molar-refractivity contribution in [1.29, 1.82) is 0 Å². The Hall–Kier alpha value is -2.14. The van der Waals surface area contributed by atoms with E-state index < -0.39 is 5.97 Å². The summed E-state index contributed by atoms with van der Waals surface area (Å²) in [5.41, 5.74) is 1.60. The van der Waals surface area contributed by atoms with Crippen LogP contribution in [0.5, 0.6) is 0 Å². The standard InChI is InChI=1S/C14H13NO3S/c1-9(11-5-6-19-8-11)13(16)15-12-4-2-3-10(7-12)14(17)18/h2-9H,1H3,(H,15,16)(H,17,18). The van der Waals surface area contributed by atoms with Crippen molar-refractivity contribution in [2.75, 3.05) is 5.32 Å². The highest BCUT2D eigenvalue weighted by Crippen LogP contribution is 2.20. The Morgan fingerprint density at radius 3 is 2.74 bits per heavy atom. The van der Waals surface area contributed by atoms with Crippen molar-refractivity contribution in [1.82, 2.24) is 0 Å². The molecule has 4 nitrogen and oxygen atoms in total. The molecule has 0 spiro atoms. The van der Waals surface area contributed by atoms with Crippen molar-refractivity contribution in [3.8, 4) is 0 Å². The summed E-state index contributed by atoms with van der Waals surface area (Å²) < 4.78 is 0. The van der Waals surface area contributed by atoms with Gasteiger partial charge in [-0.1, -0.05) is 6.07 Å². The lowest BCUT2D eigenvalue weighted by Crippen LogP contribution is -2.18. The molecule has 98 valence electrons. The summed E-state index contributed by atoms with van der Waals surface area (Å²) in [5.74, 6) is -1.43. The summed E-state index contributed by atoms with van der Waals surface area (Å²) in [6.07, 6.45) is 0. The van der Waals surface area contributed by atoms with E-state index in [-0.39, 0.29) is 17.4 Å². The van der Waals surface area contributed by atoms with Crippen LogP contribution in [0.2, 0.25) is 0 Å². The highest BCUT2D eigenvalue weighted by molar-refractivity contribution is 7.08. The van der Waals surface area contributed by atoms with Gasteiger partial charge in [0.25, 0.3) is 0 Å². The van der Waals surface area contributed by atoms with E-state index in [9.17, 15) is 9.59 Å². The van der Waals surface area contributed by atoms with Gasteiger partial charge < -0.3 is 10.4 Å². The van der Waals surface area contributed by atoms with Crippen LogP contribution < -0.4 is 5.32 Å². The topological polar surface area (TPSA) is 66.4 Å². The lowest BCUT2D eigenvalue weighted by atomic mass is 10.0. The van der Waals surface area contributed by atoms with E-state index in [1.165, 1.54) is 12.1 Å². The van der Waals surface area contributed by atoms with E-state index in [2.05, 4.69) is 5.32 Å². The van der Waals surface area contributed by atoms with E-state index in [0.717, 1.165) is 5.56 Å². The first kappa shape index (κ1) is 13.3. The number of carbonyl (C=O) groups excluding carboxylic acids is 1. The second-order valence-electron chi connectivity index (χ2n) is 4.15. The van der Waals surface area contributed by atoms with Gasteiger partial charge in [-0.05, 0) is 47.5 Å². The van der Waals surface area contributed by atoms with Crippen LogP contribution in [0.15, 0.2) is 41.1 Å². The third kappa shape index (κ3) is 3.20. The average molecular weight is 275 g/mol. The zero-order valence-electron chi connectivity index (χ0n) is 10.3. The maximum Gasteiger partial charge on any atom is 0.335 e. The molecule has 0 bridgehead atoms. The molecule has 2 aromatic rings. The van der Waals surface area contributed by atoms with Crippen LogP contribution in [-0.4, -0.2) is 17.0 Å². The molecule has 2 N–H and O–H groups in total. The predicted molar refractivity (Wildman–Crippen MR) is 74.8 cm³/mol. The smallest absolute Gasteiger partial charge is 0.335 e. The molecule has 0 aliphatic heterocycles. The minimum Gasteiger partial charge on any atom is -0.478 e. The summed E-state index contributed by atoms with van der Waals surface area (Å²) >= 11 is 1.54. The maximum absolute atomic E-state index is 12.0. The third-order valence-corrected chi connectivity index (χ3v) is 3.51. The van der Waals surface area contributed by atoms with E-state index in [1.54, 1.807) is 23.5 Å². The number of nitrogens with one attached hydrogen (secondary N) is 1. The van der Waals surface area contributed by atoms with Gasteiger partial charge >= 0.3 is 5.97 Å². The number of anilines is 1. The summed E-state index contributed by atoms with van der Waals surface area (Å²) in [7, 11) is 0. The lowest BCUT2D eigenvalue weighted by molar-refractivity contribution is -0.117. The largest absolute Gasteiger partial charge is 0.478 e. The molecule has 1 aromatic heterocycles. The monoisotopic (exact) mass is 275 g/mol. The van der Waals surface area contributed by atoms with Crippen LogP contribution >= 0.6 is 11.3 Å². The predicted octanol–water partition coefficient (Wildman–Crippen LogP) is 3.19. The van der Waals surface area contributed by atoms with E-state index >= 15 is 0 Å². The maximum atomic E-state index is 12.0.